The first-order valence-electron chi connectivity index (χ1n) is 7.85. The Morgan fingerprint density at radius 1 is 1.28 bits per heavy atom. The number of halogens is 1. The van der Waals surface area contributed by atoms with Crippen LogP contribution in [0.1, 0.15) is 13.8 Å². The summed E-state index contributed by atoms with van der Waals surface area (Å²) in [5.41, 5.74) is -0.361. The fourth-order valence-electron chi connectivity index (χ4n) is 1.92. The second kappa shape index (κ2) is 9.15. The van der Waals surface area contributed by atoms with Crippen LogP contribution in [-0.2, 0) is 0 Å². The van der Waals surface area contributed by atoms with Gasteiger partial charge >= 0.3 is 0 Å². The minimum absolute atomic E-state index is 0.143. The summed E-state index contributed by atoms with van der Waals surface area (Å²) in [6, 6.07) is 10.6. The molecule has 0 spiro atoms. The highest BCUT2D eigenvalue weighted by Gasteiger charge is 2.20. The van der Waals surface area contributed by atoms with Crippen molar-refractivity contribution in [2.75, 3.05) is 19.8 Å². The van der Waals surface area contributed by atoms with Crippen molar-refractivity contribution in [3.8, 4) is 11.6 Å². The molecule has 0 fully saturated rings. The predicted molar refractivity (Wildman–Crippen MR) is 100.0 cm³/mol. The topological polar surface area (TPSA) is 79.4 Å². The zero-order valence-electron chi connectivity index (χ0n) is 14.2. The summed E-state index contributed by atoms with van der Waals surface area (Å²) >= 11 is 10.9. The third-order valence-corrected chi connectivity index (χ3v) is 3.86. The number of aliphatic hydroxyl groups excluding tert-OH is 1. The fourth-order valence-corrected chi connectivity index (χ4v) is 2.22. The van der Waals surface area contributed by atoms with Crippen molar-refractivity contribution in [3.05, 3.63) is 46.1 Å². The third-order valence-electron chi connectivity index (χ3n) is 3.32. The first-order chi connectivity index (χ1) is 11.9. The van der Waals surface area contributed by atoms with Crippen LogP contribution in [0.4, 0.5) is 0 Å². The third kappa shape index (κ3) is 6.99. The van der Waals surface area contributed by atoms with E-state index in [9.17, 15) is 5.11 Å². The van der Waals surface area contributed by atoms with E-state index >= 15 is 0 Å². The zero-order chi connectivity index (χ0) is 18.3. The Morgan fingerprint density at radius 2 is 2.04 bits per heavy atom. The summed E-state index contributed by atoms with van der Waals surface area (Å²) in [6.45, 7) is 4.82. The van der Waals surface area contributed by atoms with Crippen molar-refractivity contribution in [2.45, 2.75) is 25.5 Å². The predicted octanol–water partition coefficient (Wildman–Crippen LogP) is 2.98. The van der Waals surface area contributed by atoms with Gasteiger partial charge in [0.2, 0.25) is 5.88 Å². The average molecular weight is 384 g/mol. The second-order valence-electron chi connectivity index (χ2n) is 6.21. The smallest absolute Gasteiger partial charge is 0.231 e. The molecule has 8 heteroatoms. The number of nitrogens with zero attached hydrogens (tertiary/aromatic N) is 1. The Morgan fingerprint density at radius 3 is 2.72 bits per heavy atom. The van der Waals surface area contributed by atoms with Crippen LogP contribution in [0.15, 0.2) is 36.4 Å². The van der Waals surface area contributed by atoms with Gasteiger partial charge in [0.1, 0.15) is 29.7 Å². The van der Waals surface area contributed by atoms with Gasteiger partial charge < -0.3 is 19.9 Å². The minimum Gasteiger partial charge on any atom is -0.489 e. The molecule has 3 N–H and O–H groups in total. The zero-order valence-corrected chi connectivity index (χ0v) is 15.7. The van der Waals surface area contributed by atoms with E-state index in [0.29, 0.717) is 34.4 Å². The molecule has 0 aliphatic rings. The number of hydrogen-bond acceptors (Lipinski definition) is 6. The van der Waals surface area contributed by atoms with E-state index < -0.39 is 6.10 Å². The molecule has 0 saturated heterocycles. The molecule has 1 aromatic heterocycles. The summed E-state index contributed by atoms with van der Waals surface area (Å²) in [6.07, 6.45) is -0.679. The molecule has 25 heavy (non-hydrogen) atoms. The van der Waals surface area contributed by atoms with E-state index in [0.717, 1.165) is 0 Å². The quantitative estimate of drug-likeness (QED) is 0.578. The number of benzene rings is 1. The lowest BCUT2D eigenvalue weighted by atomic mass is 10.1. The molecule has 0 bridgehead atoms. The standard InChI is InChI=1S/C17H22ClN3O3S/c1-17(2,11-24-15-7-8-16(25)21-20-15)19-9-12(22)10-23-14-6-4-3-5-13(14)18/h3-8,12,19,22H,9-11H2,1-2H3,(H,21,25). The number of hydrogen-bond donors (Lipinski definition) is 3. The summed E-state index contributed by atoms with van der Waals surface area (Å²) in [7, 11) is 0. The number of aliphatic hydroxyl groups is 1. The molecule has 0 aliphatic carbocycles. The van der Waals surface area contributed by atoms with Crippen LogP contribution in [0.5, 0.6) is 11.6 Å². The van der Waals surface area contributed by atoms with Gasteiger partial charge in [-0.2, -0.15) is 0 Å². The molecule has 2 rings (SSSR count). The van der Waals surface area contributed by atoms with Gasteiger partial charge in [0, 0.05) is 18.2 Å². The number of nitrogens with one attached hydrogen (secondary N) is 2. The first-order valence-corrected chi connectivity index (χ1v) is 8.63. The molecule has 6 nitrogen and oxygen atoms in total. The number of ether oxygens (including phenoxy) is 2. The lowest BCUT2D eigenvalue weighted by molar-refractivity contribution is 0.0923. The molecule has 0 aliphatic heterocycles. The summed E-state index contributed by atoms with van der Waals surface area (Å²) < 4.78 is 11.7. The lowest BCUT2D eigenvalue weighted by Crippen LogP contribution is -2.48. The monoisotopic (exact) mass is 383 g/mol. The van der Waals surface area contributed by atoms with Crippen LogP contribution < -0.4 is 14.8 Å². The summed E-state index contributed by atoms with van der Waals surface area (Å²) in [4.78, 5) is 0. The highest BCUT2D eigenvalue weighted by atomic mass is 35.5. The molecule has 136 valence electrons. The van der Waals surface area contributed by atoms with Crippen LogP contribution in [0.3, 0.4) is 0 Å². The molecule has 0 amide bonds. The van der Waals surface area contributed by atoms with Gasteiger partial charge in [-0.15, -0.1) is 5.10 Å². The Kier molecular flexibility index (Phi) is 7.19. The Hall–Kier alpha value is -1.67. The van der Waals surface area contributed by atoms with E-state index in [-0.39, 0.29) is 12.1 Å². The normalized spacial score (nSPS) is 12.6. The van der Waals surface area contributed by atoms with Crippen molar-refractivity contribution in [2.24, 2.45) is 0 Å². The molecule has 0 saturated carbocycles. The van der Waals surface area contributed by atoms with E-state index in [1.807, 2.05) is 26.0 Å². The van der Waals surface area contributed by atoms with Crippen molar-refractivity contribution in [3.63, 3.8) is 0 Å². The van der Waals surface area contributed by atoms with Gasteiger partial charge in [0.25, 0.3) is 0 Å². The molecule has 1 atom stereocenters. The van der Waals surface area contributed by atoms with Gasteiger partial charge in [-0.1, -0.05) is 36.0 Å². The second-order valence-corrected chi connectivity index (χ2v) is 7.06. The van der Waals surface area contributed by atoms with E-state index in [1.54, 1.807) is 24.3 Å². The maximum atomic E-state index is 10.1. The molecular formula is C17H22ClN3O3S. The van der Waals surface area contributed by atoms with Crippen LogP contribution in [0.2, 0.25) is 5.02 Å². The molecule has 1 aromatic carbocycles. The highest BCUT2D eigenvalue weighted by Crippen LogP contribution is 2.23. The van der Waals surface area contributed by atoms with Crippen LogP contribution in [0.25, 0.3) is 0 Å². The number of aromatic amines is 1. The van der Waals surface area contributed by atoms with Crippen LogP contribution in [-0.4, -0.2) is 46.7 Å². The summed E-state index contributed by atoms with van der Waals surface area (Å²) in [5.74, 6) is 1.02. The maximum absolute atomic E-state index is 10.1. The van der Waals surface area contributed by atoms with Crippen molar-refractivity contribution in [1.29, 1.82) is 0 Å². The number of para-hydroxylation sites is 1. The van der Waals surface area contributed by atoms with Crippen LogP contribution >= 0.6 is 23.8 Å². The average Bonchev–Trinajstić information content (AvgIpc) is 2.59. The molecule has 1 heterocycles. The fraction of sp³-hybridized carbons (Fsp3) is 0.412. The van der Waals surface area contributed by atoms with Crippen molar-refractivity contribution in [1.82, 2.24) is 15.5 Å². The Bertz CT molecular complexity index is 719. The van der Waals surface area contributed by atoms with Crippen LogP contribution in [0, 0.1) is 4.64 Å². The van der Waals surface area contributed by atoms with E-state index in [4.69, 9.17) is 33.3 Å². The SMILES string of the molecule is CC(C)(COc1ccc(=S)[nH]n1)NCC(O)COc1ccccc1Cl. The molecule has 2 aromatic rings. The number of aromatic nitrogens is 2. The maximum Gasteiger partial charge on any atom is 0.231 e. The number of H-pyrrole nitrogens is 1. The highest BCUT2D eigenvalue weighted by molar-refractivity contribution is 7.71. The van der Waals surface area contributed by atoms with Crippen molar-refractivity contribution < 1.29 is 14.6 Å². The van der Waals surface area contributed by atoms with Gasteiger partial charge in [-0.3, -0.25) is 5.10 Å². The number of β-amino-alcohol motifs (C(OH)–C–C–N with tert-alkyl or cyclic N) is 1. The van der Waals surface area contributed by atoms with Crippen molar-refractivity contribution >= 4 is 23.8 Å². The van der Waals surface area contributed by atoms with E-state index in [1.165, 1.54) is 0 Å². The van der Waals surface area contributed by atoms with Gasteiger partial charge in [0.05, 0.1) is 5.02 Å². The largest absolute Gasteiger partial charge is 0.489 e. The molecular weight excluding hydrogens is 362 g/mol. The summed E-state index contributed by atoms with van der Waals surface area (Å²) in [5, 5.41) is 20.5. The Balaban J connectivity index is 1.73. The van der Waals surface area contributed by atoms with Gasteiger partial charge in [-0.25, -0.2) is 0 Å². The number of rotatable bonds is 9. The lowest BCUT2D eigenvalue weighted by Gasteiger charge is -2.27. The van der Waals surface area contributed by atoms with Gasteiger partial charge in [0.15, 0.2) is 0 Å². The molecule has 1 unspecified atom stereocenters. The minimum atomic E-state index is -0.679. The van der Waals surface area contributed by atoms with Gasteiger partial charge in [-0.05, 0) is 32.0 Å². The molecule has 0 radical (unpaired) electrons. The van der Waals surface area contributed by atoms with E-state index in [2.05, 4.69) is 15.5 Å². The Labute approximate surface area is 157 Å². The first kappa shape index (κ1) is 19.7.